The number of rotatable bonds is 8. The number of hydrogen-bond donors (Lipinski definition) is 0. The minimum absolute atomic E-state index is 0.0193. The van der Waals surface area contributed by atoms with E-state index in [0.29, 0.717) is 25.3 Å². The van der Waals surface area contributed by atoms with Crippen LogP contribution in [0.25, 0.3) is 0 Å². The van der Waals surface area contributed by atoms with Crippen LogP contribution < -0.4 is 4.74 Å². The molecule has 0 fully saturated rings. The van der Waals surface area contributed by atoms with E-state index in [1.807, 2.05) is 67.8 Å². The number of nitrogens with zero attached hydrogens (tertiary/aromatic N) is 2. The fourth-order valence-corrected chi connectivity index (χ4v) is 3.57. The Morgan fingerprint density at radius 3 is 2.64 bits per heavy atom. The largest absolute Gasteiger partial charge is 0.486 e. The van der Waals surface area contributed by atoms with Gasteiger partial charge in [-0.2, -0.15) is 0 Å². The monoisotopic (exact) mass is 392 g/mol. The first kappa shape index (κ1) is 19.8. The molecule has 28 heavy (non-hydrogen) atoms. The summed E-state index contributed by atoms with van der Waals surface area (Å²) in [6.45, 7) is 9.13. The first-order chi connectivity index (χ1) is 13.5. The molecule has 0 bridgehead atoms. The quantitative estimate of drug-likeness (QED) is 0.497. The van der Waals surface area contributed by atoms with Crippen molar-refractivity contribution >= 4 is 17.2 Å². The number of thiazole rings is 1. The van der Waals surface area contributed by atoms with Gasteiger partial charge < -0.3 is 9.64 Å². The average Bonchev–Trinajstić information content (AvgIpc) is 3.13. The minimum atomic E-state index is -0.0193. The molecule has 144 valence electrons. The molecule has 3 rings (SSSR count). The maximum atomic E-state index is 12.9. The highest BCUT2D eigenvalue weighted by Crippen LogP contribution is 2.18. The van der Waals surface area contributed by atoms with Crippen molar-refractivity contribution in [3.05, 3.63) is 94.0 Å². The van der Waals surface area contributed by atoms with Gasteiger partial charge in [-0.25, -0.2) is 4.98 Å². The van der Waals surface area contributed by atoms with E-state index in [4.69, 9.17) is 4.74 Å². The first-order valence-electron chi connectivity index (χ1n) is 9.15. The molecule has 1 heterocycles. The smallest absolute Gasteiger partial charge is 0.254 e. The van der Waals surface area contributed by atoms with Crippen LogP contribution in [-0.2, 0) is 13.2 Å². The zero-order valence-electron chi connectivity index (χ0n) is 16.2. The van der Waals surface area contributed by atoms with Gasteiger partial charge in [0.2, 0.25) is 0 Å². The Morgan fingerprint density at radius 1 is 1.18 bits per heavy atom. The van der Waals surface area contributed by atoms with Gasteiger partial charge in [-0.15, -0.1) is 17.9 Å². The van der Waals surface area contributed by atoms with Gasteiger partial charge in [0.05, 0.1) is 12.2 Å². The molecule has 0 spiro atoms. The Morgan fingerprint density at radius 2 is 1.93 bits per heavy atom. The molecule has 0 saturated carbocycles. The molecule has 5 heteroatoms. The van der Waals surface area contributed by atoms with E-state index in [1.165, 1.54) is 0 Å². The SMILES string of the molecule is C=CCN(Cc1csc(COc2cccc(C)c2)n1)C(=O)c1cccc(C)c1. The van der Waals surface area contributed by atoms with Gasteiger partial charge in [0.1, 0.15) is 17.4 Å². The Hall–Kier alpha value is -2.92. The van der Waals surface area contributed by atoms with E-state index in [-0.39, 0.29) is 5.91 Å². The van der Waals surface area contributed by atoms with E-state index >= 15 is 0 Å². The summed E-state index contributed by atoms with van der Waals surface area (Å²) in [5.41, 5.74) is 3.76. The minimum Gasteiger partial charge on any atom is -0.486 e. The standard InChI is InChI=1S/C23H24N2O2S/c1-4-11-25(23(26)19-9-5-7-17(2)12-19)14-20-16-28-22(24-20)15-27-21-10-6-8-18(3)13-21/h4-10,12-13,16H,1,11,14-15H2,2-3H3. The van der Waals surface area contributed by atoms with E-state index in [1.54, 1.807) is 22.3 Å². The van der Waals surface area contributed by atoms with Gasteiger partial charge in [0, 0.05) is 17.5 Å². The molecule has 1 aromatic heterocycles. The third-order valence-electron chi connectivity index (χ3n) is 4.21. The van der Waals surface area contributed by atoms with E-state index in [0.717, 1.165) is 27.6 Å². The van der Waals surface area contributed by atoms with Crippen LogP contribution in [0.1, 0.15) is 32.2 Å². The summed E-state index contributed by atoms with van der Waals surface area (Å²) in [5, 5.41) is 2.87. The molecule has 0 N–H and O–H groups in total. The fraction of sp³-hybridized carbons (Fsp3) is 0.217. The average molecular weight is 393 g/mol. The number of carbonyl (C=O) groups is 1. The number of amides is 1. The topological polar surface area (TPSA) is 42.4 Å². The van der Waals surface area contributed by atoms with Crippen LogP contribution in [0.3, 0.4) is 0 Å². The van der Waals surface area contributed by atoms with Crippen LogP contribution in [0.2, 0.25) is 0 Å². The van der Waals surface area contributed by atoms with Crippen LogP contribution >= 0.6 is 11.3 Å². The molecule has 0 atom stereocenters. The molecule has 1 amide bonds. The lowest BCUT2D eigenvalue weighted by molar-refractivity contribution is 0.0761. The summed E-state index contributed by atoms with van der Waals surface area (Å²) >= 11 is 1.54. The van der Waals surface area contributed by atoms with Gasteiger partial charge in [-0.3, -0.25) is 4.79 Å². The summed E-state index contributed by atoms with van der Waals surface area (Å²) in [6.07, 6.45) is 1.74. The molecule has 0 aliphatic carbocycles. The van der Waals surface area contributed by atoms with Crippen molar-refractivity contribution in [2.24, 2.45) is 0 Å². The lowest BCUT2D eigenvalue weighted by atomic mass is 10.1. The lowest BCUT2D eigenvalue weighted by Gasteiger charge is -2.20. The summed E-state index contributed by atoms with van der Waals surface area (Å²) < 4.78 is 5.82. The van der Waals surface area contributed by atoms with Crippen molar-refractivity contribution in [1.82, 2.24) is 9.88 Å². The van der Waals surface area contributed by atoms with Crippen LogP contribution in [0.4, 0.5) is 0 Å². The van der Waals surface area contributed by atoms with Crippen LogP contribution in [0.15, 0.2) is 66.6 Å². The number of hydrogen-bond acceptors (Lipinski definition) is 4. The number of carbonyl (C=O) groups excluding carboxylic acids is 1. The Balaban J connectivity index is 1.65. The summed E-state index contributed by atoms with van der Waals surface area (Å²) in [6, 6.07) is 15.6. The Kier molecular flexibility index (Phi) is 6.61. The van der Waals surface area contributed by atoms with Crippen molar-refractivity contribution < 1.29 is 9.53 Å². The Labute approximate surface area is 170 Å². The van der Waals surface area contributed by atoms with Crippen LogP contribution in [0, 0.1) is 13.8 Å². The second kappa shape index (κ2) is 9.33. The highest BCUT2D eigenvalue weighted by molar-refractivity contribution is 7.09. The molecule has 0 aliphatic rings. The Bertz CT molecular complexity index is 964. The molecular weight excluding hydrogens is 368 g/mol. The van der Waals surface area contributed by atoms with Crippen LogP contribution in [0.5, 0.6) is 5.75 Å². The molecule has 0 radical (unpaired) electrons. The summed E-state index contributed by atoms with van der Waals surface area (Å²) in [4.78, 5) is 19.3. The molecule has 0 unspecified atom stereocenters. The molecule has 2 aromatic carbocycles. The van der Waals surface area contributed by atoms with Crippen molar-refractivity contribution in [2.45, 2.75) is 27.0 Å². The lowest BCUT2D eigenvalue weighted by Crippen LogP contribution is -2.30. The third-order valence-corrected chi connectivity index (χ3v) is 5.08. The number of aromatic nitrogens is 1. The van der Waals surface area contributed by atoms with Gasteiger partial charge in [0.25, 0.3) is 5.91 Å². The molecule has 4 nitrogen and oxygen atoms in total. The molecular formula is C23H24N2O2S. The fourth-order valence-electron chi connectivity index (χ4n) is 2.87. The van der Waals surface area contributed by atoms with Crippen molar-refractivity contribution in [2.75, 3.05) is 6.54 Å². The van der Waals surface area contributed by atoms with Gasteiger partial charge in [0.15, 0.2) is 0 Å². The molecule has 0 saturated heterocycles. The summed E-state index contributed by atoms with van der Waals surface area (Å²) in [5.74, 6) is 0.814. The van der Waals surface area contributed by atoms with Crippen molar-refractivity contribution in [3.63, 3.8) is 0 Å². The molecule has 0 aliphatic heterocycles. The number of ether oxygens (including phenoxy) is 1. The van der Waals surface area contributed by atoms with E-state index < -0.39 is 0 Å². The maximum absolute atomic E-state index is 12.9. The van der Waals surface area contributed by atoms with Crippen molar-refractivity contribution in [1.29, 1.82) is 0 Å². The van der Waals surface area contributed by atoms with Gasteiger partial charge >= 0.3 is 0 Å². The normalized spacial score (nSPS) is 10.5. The zero-order chi connectivity index (χ0) is 19.9. The second-order valence-electron chi connectivity index (χ2n) is 6.68. The predicted octanol–water partition coefficient (Wildman–Crippen LogP) is 5.17. The third kappa shape index (κ3) is 5.30. The summed E-state index contributed by atoms with van der Waals surface area (Å²) in [7, 11) is 0. The number of aryl methyl sites for hydroxylation is 2. The highest BCUT2D eigenvalue weighted by atomic mass is 32.1. The van der Waals surface area contributed by atoms with Gasteiger partial charge in [-0.1, -0.05) is 35.9 Å². The van der Waals surface area contributed by atoms with Crippen LogP contribution in [-0.4, -0.2) is 22.3 Å². The van der Waals surface area contributed by atoms with Gasteiger partial charge in [-0.05, 0) is 43.7 Å². The number of benzene rings is 2. The second-order valence-corrected chi connectivity index (χ2v) is 7.62. The maximum Gasteiger partial charge on any atom is 0.254 e. The van der Waals surface area contributed by atoms with E-state index in [9.17, 15) is 4.79 Å². The van der Waals surface area contributed by atoms with E-state index in [2.05, 4.69) is 11.6 Å². The highest BCUT2D eigenvalue weighted by Gasteiger charge is 2.16. The van der Waals surface area contributed by atoms with Crippen molar-refractivity contribution in [3.8, 4) is 5.75 Å². The molecule has 3 aromatic rings. The predicted molar refractivity (Wildman–Crippen MR) is 114 cm³/mol. The zero-order valence-corrected chi connectivity index (χ0v) is 17.0. The first-order valence-corrected chi connectivity index (χ1v) is 10.0.